The van der Waals surface area contributed by atoms with Crippen LogP contribution in [0.4, 0.5) is 5.69 Å². The third-order valence-electron chi connectivity index (χ3n) is 3.60. The van der Waals surface area contributed by atoms with Crippen LogP contribution in [-0.2, 0) is 10.2 Å². The van der Waals surface area contributed by atoms with Crippen molar-refractivity contribution in [2.45, 2.75) is 32.2 Å². The molecule has 0 radical (unpaired) electrons. The second-order valence-corrected chi connectivity index (χ2v) is 6.99. The predicted molar refractivity (Wildman–Crippen MR) is 80.2 cm³/mol. The molecule has 20 heavy (non-hydrogen) atoms. The maximum absolute atomic E-state index is 12.4. The van der Waals surface area contributed by atoms with Gasteiger partial charge in [-0.2, -0.15) is 12.7 Å². The summed E-state index contributed by atoms with van der Waals surface area (Å²) in [5.41, 5.74) is 1.16. The van der Waals surface area contributed by atoms with Gasteiger partial charge in [0.2, 0.25) is 0 Å². The highest BCUT2D eigenvalue weighted by Gasteiger charge is 2.32. The van der Waals surface area contributed by atoms with E-state index in [0.717, 1.165) is 12.8 Å². The third-order valence-corrected chi connectivity index (χ3v) is 5.58. The number of aliphatic hydroxyl groups is 1. The van der Waals surface area contributed by atoms with Crippen molar-refractivity contribution >= 4 is 27.5 Å². The van der Waals surface area contributed by atoms with Crippen LogP contribution in [-0.4, -0.2) is 37.0 Å². The van der Waals surface area contributed by atoms with E-state index in [1.165, 1.54) is 4.31 Å². The van der Waals surface area contributed by atoms with Crippen LogP contribution < -0.4 is 4.72 Å². The lowest BCUT2D eigenvalue weighted by atomic mass is 10.1. The van der Waals surface area contributed by atoms with E-state index in [1.54, 1.807) is 25.1 Å². The highest BCUT2D eigenvalue weighted by molar-refractivity contribution is 7.90. The summed E-state index contributed by atoms with van der Waals surface area (Å²) in [6, 6.07) is 4.75. The zero-order valence-electron chi connectivity index (χ0n) is 11.3. The van der Waals surface area contributed by atoms with Gasteiger partial charge in [0.1, 0.15) is 0 Å². The Labute approximate surface area is 124 Å². The number of nitrogens with one attached hydrogen (secondary N) is 1. The molecule has 1 unspecified atom stereocenters. The lowest BCUT2D eigenvalue weighted by molar-refractivity contribution is 0.156. The van der Waals surface area contributed by atoms with Crippen molar-refractivity contribution in [2.75, 3.05) is 17.9 Å². The van der Waals surface area contributed by atoms with Gasteiger partial charge >= 0.3 is 10.2 Å². The molecular formula is C13H19ClN2O3S. The van der Waals surface area contributed by atoms with E-state index in [2.05, 4.69) is 4.72 Å². The normalized spacial score (nSPS) is 20.9. The molecule has 5 nitrogen and oxygen atoms in total. The van der Waals surface area contributed by atoms with Gasteiger partial charge in [-0.25, -0.2) is 0 Å². The molecule has 1 aromatic carbocycles. The van der Waals surface area contributed by atoms with Crippen molar-refractivity contribution in [2.24, 2.45) is 0 Å². The molecule has 1 aliphatic heterocycles. The van der Waals surface area contributed by atoms with Crippen LogP contribution in [0.15, 0.2) is 18.2 Å². The molecule has 0 saturated carbocycles. The number of halogens is 1. The van der Waals surface area contributed by atoms with Gasteiger partial charge in [0, 0.05) is 17.6 Å². The van der Waals surface area contributed by atoms with E-state index >= 15 is 0 Å². The number of hydrogen-bond acceptors (Lipinski definition) is 3. The summed E-state index contributed by atoms with van der Waals surface area (Å²) in [5.74, 6) is 0. The van der Waals surface area contributed by atoms with Crippen LogP contribution in [0.1, 0.15) is 24.8 Å². The Morgan fingerprint density at radius 3 is 2.90 bits per heavy atom. The minimum Gasteiger partial charge on any atom is -0.395 e. The third kappa shape index (κ3) is 3.25. The molecule has 0 aromatic heterocycles. The van der Waals surface area contributed by atoms with Crippen LogP contribution in [0.2, 0.25) is 5.02 Å². The van der Waals surface area contributed by atoms with Crippen molar-refractivity contribution in [1.82, 2.24) is 4.31 Å². The fraction of sp³-hybridized carbons (Fsp3) is 0.538. The van der Waals surface area contributed by atoms with Gasteiger partial charge in [0.05, 0.1) is 12.3 Å². The maximum Gasteiger partial charge on any atom is 0.301 e. The number of aliphatic hydroxyl groups excluding tert-OH is 1. The molecule has 1 saturated heterocycles. The fourth-order valence-corrected chi connectivity index (χ4v) is 4.11. The van der Waals surface area contributed by atoms with Crippen LogP contribution in [0.3, 0.4) is 0 Å². The summed E-state index contributed by atoms with van der Waals surface area (Å²) in [4.78, 5) is 0. The highest BCUT2D eigenvalue weighted by Crippen LogP contribution is 2.26. The van der Waals surface area contributed by atoms with Crippen LogP contribution in [0.25, 0.3) is 0 Å². The Bertz CT molecular complexity index is 577. The van der Waals surface area contributed by atoms with E-state index < -0.39 is 10.2 Å². The number of benzene rings is 1. The molecule has 2 rings (SSSR count). The van der Waals surface area contributed by atoms with E-state index in [4.69, 9.17) is 11.6 Å². The van der Waals surface area contributed by atoms with Gasteiger partial charge in [0.25, 0.3) is 0 Å². The molecule has 0 bridgehead atoms. The smallest absolute Gasteiger partial charge is 0.301 e. The fourth-order valence-electron chi connectivity index (χ4n) is 2.39. The SMILES string of the molecule is Cc1c(Cl)cccc1NS(=O)(=O)N1CCCCC1CO. The Morgan fingerprint density at radius 2 is 2.20 bits per heavy atom. The molecule has 0 spiro atoms. The zero-order valence-corrected chi connectivity index (χ0v) is 12.9. The molecule has 1 fully saturated rings. The largest absolute Gasteiger partial charge is 0.395 e. The molecule has 112 valence electrons. The number of hydrogen-bond donors (Lipinski definition) is 2. The quantitative estimate of drug-likeness (QED) is 0.893. The molecule has 1 atom stereocenters. The summed E-state index contributed by atoms with van der Waals surface area (Å²) >= 11 is 6.00. The first-order chi connectivity index (χ1) is 9.45. The molecule has 1 aliphatic rings. The van der Waals surface area contributed by atoms with Crippen LogP contribution in [0, 0.1) is 6.92 Å². The van der Waals surface area contributed by atoms with Gasteiger partial charge in [-0.3, -0.25) is 4.72 Å². The minimum atomic E-state index is -3.67. The molecule has 1 heterocycles. The highest BCUT2D eigenvalue weighted by atomic mass is 35.5. The van der Waals surface area contributed by atoms with Crippen LogP contribution in [0.5, 0.6) is 0 Å². The van der Waals surface area contributed by atoms with Gasteiger partial charge < -0.3 is 5.11 Å². The van der Waals surface area contributed by atoms with Crippen molar-refractivity contribution in [3.05, 3.63) is 28.8 Å². The average molecular weight is 319 g/mol. The topological polar surface area (TPSA) is 69.6 Å². The summed E-state index contributed by atoms with van der Waals surface area (Å²) < 4.78 is 28.8. The molecular weight excluding hydrogens is 300 g/mol. The average Bonchev–Trinajstić information content (AvgIpc) is 2.43. The van der Waals surface area contributed by atoms with E-state index in [1.807, 2.05) is 0 Å². The van der Waals surface area contributed by atoms with Crippen molar-refractivity contribution in [3.63, 3.8) is 0 Å². The number of rotatable bonds is 4. The van der Waals surface area contributed by atoms with Crippen molar-refractivity contribution in [1.29, 1.82) is 0 Å². The predicted octanol–water partition coefficient (Wildman–Crippen LogP) is 2.15. The van der Waals surface area contributed by atoms with Gasteiger partial charge in [-0.1, -0.05) is 24.1 Å². The Morgan fingerprint density at radius 1 is 1.45 bits per heavy atom. The minimum absolute atomic E-state index is 0.157. The molecule has 7 heteroatoms. The first kappa shape index (κ1) is 15.6. The van der Waals surface area contributed by atoms with Gasteiger partial charge in [0.15, 0.2) is 0 Å². The van der Waals surface area contributed by atoms with E-state index in [-0.39, 0.29) is 12.6 Å². The van der Waals surface area contributed by atoms with Crippen molar-refractivity contribution in [3.8, 4) is 0 Å². The number of nitrogens with zero attached hydrogens (tertiary/aromatic N) is 1. The second-order valence-electron chi connectivity index (χ2n) is 4.96. The molecule has 0 amide bonds. The summed E-state index contributed by atoms with van der Waals surface area (Å²) in [5, 5.41) is 9.85. The first-order valence-electron chi connectivity index (χ1n) is 6.61. The van der Waals surface area contributed by atoms with Gasteiger partial charge in [-0.05, 0) is 37.5 Å². The second kappa shape index (κ2) is 6.30. The lowest BCUT2D eigenvalue weighted by Crippen LogP contribution is -2.48. The number of piperidine rings is 1. The first-order valence-corrected chi connectivity index (χ1v) is 8.43. The molecule has 1 aromatic rings. The summed E-state index contributed by atoms with van der Waals surface area (Å²) in [6.07, 6.45) is 2.44. The Kier molecular flexibility index (Phi) is 4.90. The van der Waals surface area contributed by atoms with Crippen LogP contribution >= 0.6 is 11.6 Å². The Hall–Kier alpha value is -0.820. The summed E-state index contributed by atoms with van der Waals surface area (Å²) in [6.45, 7) is 2.04. The monoisotopic (exact) mass is 318 g/mol. The zero-order chi connectivity index (χ0) is 14.8. The maximum atomic E-state index is 12.4. The van der Waals surface area contributed by atoms with Crippen molar-refractivity contribution < 1.29 is 13.5 Å². The molecule has 0 aliphatic carbocycles. The van der Waals surface area contributed by atoms with E-state index in [9.17, 15) is 13.5 Å². The summed E-state index contributed by atoms with van der Waals surface area (Å²) in [7, 11) is -3.67. The molecule has 2 N–H and O–H groups in total. The van der Waals surface area contributed by atoms with E-state index in [0.29, 0.717) is 29.2 Å². The number of anilines is 1. The van der Waals surface area contributed by atoms with Gasteiger partial charge in [-0.15, -0.1) is 0 Å². The standard InChI is InChI=1S/C13H19ClN2O3S/c1-10-12(14)6-4-7-13(10)15-20(18,19)16-8-3-2-5-11(16)9-17/h4,6-7,11,15,17H,2-3,5,8-9H2,1H3. The lowest BCUT2D eigenvalue weighted by Gasteiger charge is -2.33. The Balaban J connectivity index is 2.24.